The molecule has 0 bridgehead atoms. The van der Waals surface area contributed by atoms with E-state index in [1.54, 1.807) is 12.1 Å². The molecule has 0 aromatic heterocycles. The molecule has 0 radical (unpaired) electrons. The van der Waals surface area contributed by atoms with Gasteiger partial charge in [0.1, 0.15) is 0 Å². The van der Waals surface area contributed by atoms with Gasteiger partial charge in [-0.3, -0.25) is 0 Å². The van der Waals surface area contributed by atoms with Gasteiger partial charge in [-0.25, -0.2) is 4.39 Å². The third kappa shape index (κ3) is 5.09. The normalized spacial score (nSPS) is 15.2. The summed E-state index contributed by atoms with van der Waals surface area (Å²) in [7, 11) is 0. The average molecular weight is 355 g/mol. The highest BCUT2D eigenvalue weighted by atomic mass is 19.1. The van der Waals surface area contributed by atoms with Gasteiger partial charge < -0.3 is 4.74 Å². The van der Waals surface area contributed by atoms with Gasteiger partial charge in [0.15, 0.2) is 11.6 Å². The Morgan fingerprint density at radius 2 is 1.62 bits per heavy atom. The van der Waals surface area contributed by atoms with Crippen LogP contribution in [0.1, 0.15) is 76.2 Å². The fourth-order valence-electron chi connectivity index (χ4n) is 3.89. The van der Waals surface area contributed by atoms with Crippen molar-refractivity contribution in [3.05, 3.63) is 53.8 Å². The van der Waals surface area contributed by atoms with Crippen molar-refractivity contribution in [1.82, 2.24) is 0 Å². The van der Waals surface area contributed by atoms with E-state index >= 15 is 0 Å². The smallest absolute Gasteiger partial charge is 0.165 e. The number of hydrogen-bond donors (Lipinski definition) is 0. The Hall–Kier alpha value is -1.83. The molecule has 0 saturated heterocycles. The average Bonchev–Trinajstić information content (AvgIpc) is 2.70. The predicted molar refractivity (Wildman–Crippen MR) is 107 cm³/mol. The lowest BCUT2D eigenvalue weighted by Gasteiger charge is -2.22. The zero-order chi connectivity index (χ0) is 18.2. The lowest BCUT2D eigenvalue weighted by Crippen LogP contribution is -2.04. The molecule has 140 valence electrons. The van der Waals surface area contributed by atoms with Gasteiger partial charge in [0.25, 0.3) is 0 Å². The highest BCUT2D eigenvalue weighted by Crippen LogP contribution is 2.34. The molecule has 1 saturated carbocycles. The summed E-state index contributed by atoms with van der Waals surface area (Å²) in [4.78, 5) is 0. The number of unbranched alkanes of at least 4 members (excludes halogenated alkanes) is 3. The summed E-state index contributed by atoms with van der Waals surface area (Å²) >= 11 is 0. The molecule has 1 fully saturated rings. The third-order valence-electron chi connectivity index (χ3n) is 5.51. The maximum absolute atomic E-state index is 14.4. The minimum atomic E-state index is -0.269. The van der Waals surface area contributed by atoms with Crippen LogP contribution < -0.4 is 4.74 Å². The molecule has 1 aliphatic carbocycles. The summed E-state index contributed by atoms with van der Waals surface area (Å²) in [6.45, 7) is 2.77. The fourth-order valence-corrected chi connectivity index (χ4v) is 3.89. The van der Waals surface area contributed by atoms with Crippen LogP contribution in [0.2, 0.25) is 0 Å². The van der Waals surface area contributed by atoms with Gasteiger partial charge in [0, 0.05) is 0 Å². The molecule has 2 aromatic rings. The fraction of sp³-hybridized carbons (Fsp3) is 0.500. The molecule has 0 amide bonds. The van der Waals surface area contributed by atoms with Gasteiger partial charge in [-0.05, 0) is 54.0 Å². The highest BCUT2D eigenvalue weighted by Gasteiger charge is 2.15. The summed E-state index contributed by atoms with van der Waals surface area (Å²) in [5.41, 5.74) is 3.41. The zero-order valence-corrected chi connectivity index (χ0v) is 16.0. The van der Waals surface area contributed by atoms with Crippen LogP contribution in [0.5, 0.6) is 5.75 Å². The van der Waals surface area contributed by atoms with E-state index in [0.29, 0.717) is 18.3 Å². The van der Waals surface area contributed by atoms with E-state index < -0.39 is 0 Å². The molecule has 1 nitrogen and oxygen atoms in total. The van der Waals surface area contributed by atoms with Gasteiger partial charge >= 0.3 is 0 Å². The van der Waals surface area contributed by atoms with Gasteiger partial charge in [0.05, 0.1) is 6.61 Å². The van der Waals surface area contributed by atoms with Crippen LogP contribution in [0.15, 0.2) is 42.5 Å². The van der Waals surface area contributed by atoms with Crippen molar-refractivity contribution in [1.29, 1.82) is 0 Å². The Morgan fingerprint density at radius 1 is 0.885 bits per heavy atom. The van der Waals surface area contributed by atoms with Crippen LogP contribution in [0, 0.1) is 5.82 Å². The maximum Gasteiger partial charge on any atom is 0.165 e. The molecule has 2 aromatic carbocycles. The summed E-state index contributed by atoms with van der Waals surface area (Å²) < 4.78 is 20.0. The van der Waals surface area contributed by atoms with Crippen molar-refractivity contribution in [2.24, 2.45) is 0 Å². The minimum absolute atomic E-state index is 0.269. The Kier molecular flexibility index (Phi) is 7.11. The van der Waals surface area contributed by atoms with Crippen LogP contribution in [-0.4, -0.2) is 6.61 Å². The number of ether oxygens (including phenoxy) is 1. The Balaban J connectivity index is 1.61. The highest BCUT2D eigenvalue weighted by molar-refractivity contribution is 5.64. The molecule has 2 heteroatoms. The molecule has 0 heterocycles. The first-order valence-electron chi connectivity index (χ1n) is 10.3. The zero-order valence-electron chi connectivity index (χ0n) is 16.0. The van der Waals surface area contributed by atoms with Crippen molar-refractivity contribution < 1.29 is 9.13 Å². The molecule has 26 heavy (non-hydrogen) atoms. The quantitative estimate of drug-likeness (QED) is 0.446. The molecular formula is C24H31FO. The number of halogens is 1. The maximum atomic E-state index is 14.4. The van der Waals surface area contributed by atoms with Crippen LogP contribution in [-0.2, 0) is 0 Å². The Morgan fingerprint density at radius 3 is 2.31 bits per heavy atom. The standard InChI is InChI=1S/C24H31FO/c1-2-3-4-8-17-26-24-16-15-22(18-23(24)25)21-13-11-20(12-14-21)19-9-6-5-7-10-19/h11-16,18-19H,2-10,17H2,1H3. The van der Waals surface area contributed by atoms with E-state index in [1.165, 1.54) is 50.5 Å². The van der Waals surface area contributed by atoms with Crippen molar-refractivity contribution in [2.45, 2.75) is 70.6 Å². The van der Waals surface area contributed by atoms with Gasteiger partial charge in [-0.1, -0.05) is 75.8 Å². The summed E-state index contributed by atoms with van der Waals surface area (Å²) in [6.07, 6.45) is 11.2. The van der Waals surface area contributed by atoms with Crippen molar-refractivity contribution in [3.63, 3.8) is 0 Å². The summed E-state index contributed by atoms with van der Waals surface area (Å²) in [6, 6.07) is 14.0. The van der Waals surface area contributed by atoms with Crippen molar-refractivity contribution in [3.8, 4) is 16.9 Å². The number of benzene rings is 2. The van der Waals surface area contributed by atoms with E-state index in [4.69, 9.17) is 4.74 Å². The Labute approximate surface area is 157 Å². The van der Waals surface area contributed by atoms with Crippen molar-refractivity contribution in [2.75, 3.05) is 6.61 Å². The molecule has 0 unspecified atom stereocenters. The minimum Gasteiger partial charge on any atom is -0.491 e. The van der Waals surface area contributed by atoms with Crippen LogP contribution >= 0.6 is 0 Å². The van der Waals surface area contributed by atoms with E-state index in [0.717, 1.165) is 24.0 Å². The molecular weight excluding hydrogens is 323 g/mol. The lowest BCUT2D eigenvalue weighted by molar-refractivity contribution is 0.290. The second kappa shape index (κ2) is 9.75. The first-order chi connectivity index (χ1) is 12.8. The molecule has 0 atom stereocenters. The van der Waals surface area contributed by atoms with Crippen LogP contribution in [0.25, 0.3) is 11.1 Å². The summed E-state index contributed by atoms with van der Waals surface area (Å²) in [5.74, 6) is 0.802. The topological polar surface area (TPSA) is 9.23 Å². The summed E-state index contributed by atoms with van der Waals surface area (Å²) in [5, 5.41) is 0. The number of hydrogen-bond acceptors (Lipinski definition) is 1. The van der Waals surface area contributed by atoms with E-state index in [9.17, 15) is 4.39 Å². The van der Waals surface area contributed by atoms with E-state index in [1.807, 2.05) is 6.07 Å². The van der Waals surface area contributed by atoms with Gasteiger partial charge in [-0.15, -0.1) is 0 Å². The molecule has 1 aliphatic rings. The largest absolute Gasteiger partial charge is 0.491 e. The van der Waals surface area contributed by atoms with Crippen molar-refractivity contribution >= 4 is 0 Å². The monoisotopic (exact) mass is 354 g/mol. The second-order valence-electron chi connectivity index (χ2n) is 7.51. The van der Waals surface area contributed by atoms with Crippen LogP contribution in [0.4, 0.5) is 4.39 Å². The molecule has 3 rings (SSSR count). The van der Waals surface area contributed by atoms with E-state index in [-0.39, 0.29) is 5.82 Å². The SMILES string of the molecule is CCCCCCOc1ccc(-c2ccc(C3CCCCC3)cc2)cc1F. The Bertz CT molecular complexity index is 671. The van der Waals surface area contributed by atoms with Gasteiger partial charge in [-0.2, -0.15) is 0 Å². The third-order valence-corrected chi connectivity index (χ3v) is 5.51. The second-order valence-corrected chi connectivity index (χ2v) is 7.51. The first-order valence-corrected chi connectivity index (χ1v) is 10.3. The van der Waals surface area contributed by atoms with E-state index in [2.05, 4.69) is 31.2 Å². The first kappa shape index (κ1) is 18.9. The lowest BCUT2D eigenvalue weighted by atomic mass is 9.84. The molecule has 0 spiro atoms. The molecule has 0 N–H and O–H groups in total. The number of rotatable bonds is 8. The van der Waals surface area contributed by atoms with Gasteiger partial charge in [0.2, 0.25) is 0 Å². The van der Waals surface area contributed by atoms with Crippen LogP contribution in [0.3, 0.4) is 0 Å². The molecule has 0 aliphatic heterocycles. The predicted octanol–water partition coefficient (Wildman–Crippen LogP) is 7.50.